The SMILES string of the molecule is CNC(=O)OC(C)C(=O)NC(C(=O)N1Cc2ccccc2[C@H]1C(=O)Nc1cc(C(=O)Nc2ccc(NC(=O)OCc3ccccc3)cc2)ccc1F)C1CCOCC1. The van der Waals surface area contributed by atoms with Crippen molar-refractivity contribution in [1.29, 1.82) is 0 Å². The van der Waals surface area contributed by atoms with Gasteiger partial charge in [-0.25, -0.2) is 14.0 Å². The normalized spacial score (nSPS) is 15.8. The fourth-order valence-corrected chi connectivity index (χ4v) is 6.71. The molecule has 0 spiro atoms. The number of alkyl carbamates (subject to hydrolysis) is 1. The number of halogens is 1. The van der Waals surface area contributed by atoms with Crippen molar-refractivity contribution < 1.29 is 47.4 Å². The summed E-state index contributed by atoms with van der Waals surface area (Å²) in [7, 11) is 1.35. The van der Waals surface area contributed by atoms with Crippen molar-refractivity contribution in [2.75, 3.05) is 36.2 Å². The second-order valence-electron chi connectivity index (χ2n) is 13.7. The van der Waals surface area contributed by atoms with Crippen LogP contribution in [0.3, 0.4) is 0 Å². The van der Waals surface area contributed by atoms with Crippen molar-refractivity contribution >= 4 is 52.9 Å². The summed E-state index contributed by atoms with van der Waals surface area (Å²) in [5.74, 6) is -3.77. The van der Waals surface area contributed by atoms with Gasteiger partial charge in [-0.05, 0) is 84.8 Å². The number of carbonyl (C=O) groups excluding carboxylic acids is 6. The molecule has 2 aliphatic rings. The van der Waals surface area contributed by atoms with E-state index in [0.29, 0.717) is 48.6 Å². The Hall–Kier alpha value is -6.81. The molecule has 1 saturated heterocycles. The highest BCUT2D eigenvalue weighted by Gasteiger charge is 2.44. The molecule has 6 rings (SSSR count). The summed E-state index contributed by atoms with van der Waals surface area (Å²) in [6.45, 7) is 2.22. The molecule has 58 heavy (non-hydrogen) atoms. The van der Waals surface area contributed by atoms with Crippen molar-refractivity contribution in [3.8, 4) is 0 Å². The Morgan fingerprint density at radius 2 is 1.50 bits per heavy atom. The lowest BCUT2D eigenvalue weighted by atomic mass is 9.90. The van der Waals surface area contributed by atoms with Crippen LogP contribution in [0, 0.1) is 11.7 Å². The van der Waals surface area contributed by atoms with Gasteiger partial charge < -0.3 is 40.4 Å². The van der Waals surface area contributed by atoms with E-state index in [4.69, 9.17) is 14.2 Å². The number of hydrogen-bond acceptors (Lipinski definition) is 9. The Kier molecular flexibility index (Phi) is 13.3. The largest absolute Gasteiger partial charge is 0.444 e. The summed E-state index contributed by atoms with van der Waals surface area (Å²) >= 11 is 0. The molecule has 0 saturated carbocycles. The van der Waals surface area contributed by atoms with E-state index in [9.17, 15) is 28.8 Å². The molecule has 15 nitrogen and oxygen atoms in total. The van der Waals surface area contributed by atoms with Gasteiger partial charge in [0.15, 0.2) is 6.10 Å². The van der Waals surface area contributed by atoms with Gasteiger partial charge in [0.1, 0.15) is 24.5 Å². The van der Waals surface area contributed by atoms with Crippen molar-refractivity contribution in [3.63, 3.8) is 0 Å². The first-order valence-electron chi connectivity index (χ1n) is 18.6. The summed E-state index contributed by atoms with van der Waals surface area (Å²) in [6, 6.07) is 23.6. The molecule has 2 unspecified atom stereocenters. The van der Waals surface area contributed by atoms with E-state index in [-0.39, 0.29) is 30.3 Å². The fourth-order valence-electron chi connectivity index (χ4n) is 6.71. The van der Waals surface area contributed by atoms with Gasteiger partial charge in [-0.2, -0.15) is 0 Å². The molecule has 0 aromatic heterocycles. The zero-order chi connectivity index (χ0) is 41.2. The van der Waals surface area contributed by atoms with Gasteiger partial charge in [0, 0.05) is 43.7 Å². The molecule has 0 bridgehead atoms. The average Bonchev–Trinajstić information content (AvgIpc) is 3.64. The maximum absolute atomic E-state index is 15.3. The number of carbonyl (C=O) groups is 6. The summed E-state index contributed by atoms with van der Waals surface area (Å²) in [5.41, 5.74) is 2.56. The number of hydrogen-bond donors (Lipinski definition) is 5. The zero-order valence-electron chi connectivity index (χ0n) is 31.8. The number of rotatable bonds is 12. The average molecular weight is 795 g/mol. The first-order chi connectivity index (χ1) is 28.0. The molecule has 0 radical (unpaired) electrons. The number of anilines is 3. The molecule has 0 aliphatic carbocycles. The van der Waals surface area contributed by atoms with Gasteiger partial charge in [-0.3, -0.25) is 24.5 Å². The van der Waals surface area contributed by atoms with E-state index in [2.05, 4.69) is 26.6 Å². The van der Waals surface area contributed by atoms with Gasteiger partial charge >= 0.3 is 12.2 Å². The molecule has 302 valence electrons. The third-order valence-corrected chi connectivity index (χ3v) is 9.78. The van der Waals surface area contributed by atoms with E-state index in [1.54, 1.807) is 48.5 Å². The molecular weight excluding hydrogens is 751 g/mol. The van der Waals surface area contributed by atoms with Crippen LogP contribution in [0.25, 0.3) is 0 Å². The third-order valence-electron chi connectivity index (χ3n) is 9.78. The monoisotopic (exact) mass is 794 g/mol. The molecule has 4 aromatic carbocycles. The summed E-state index contributed by atoms with van der Waals surface area (Å²) in [5, 5.41) is 12.9. The quantitative estimate of drug-likeness (QED) is 0.123. The smallest absolute Gasteiger partial charge is 0.411 e. The number of nitrogens with zero attached hydrogens (tertiary/aromatic N) is 1. The minimum absolute atomic E-state index is 0.0264. The predicted octanol–water partition coefficient (Wildman–Crippen LogP) is 5.50. The van der Waals surface area contributed by atoms with Crippen LogP contribution in [-0.4, -0.2) is 73.1 Å². The molecule has 2 aliphatic heterocycles. The lowest BCUT2D eigenvalue weighted by Crippen LogP contribution is -2.55. The highest BCUT2D eigenvalue weighted by atomic mass is 19.1. The highest BCUT2D eigenvalue weighted by molar-refractivity contribution is 6.06. The van der Waals surface area contributed by atoms with Crippen LogP contribution < -0.4 is 26.6 Å². The molecule has 6 amide bonds. The van der Waals surface area contributed by atoms with Crippen molar-refractivity contribution in [1.82, 2.24) is 15.5 Å². The topological polar surface area (TPSA) is 193 Å². The van der Waals surface area contributed by atoms with Crippen LogP contribution in [0.2, 0.25) is 0 Å². The van der Waals surface area contributed by atoms with E-state index in [0.717, 1.165) is 11.6 Å². The van der Waals surface area contributed by atoms with Gasteiger partial charge in [0.2, 0.25) is 5.91 Å². The Labute approximate surface area is 333 Å². The third kappa shape index (κ3) is 10.1. The van der Waals surface area contributed by atoms with Crippen molar-refractivity contribution in [2.24, 2.45) is 5.92 Å². The molecule has 3 atom stereocenters. The van der Waals surface area contributed by atoms with Crippen LogP contribution in [0.15, 0.2) is 97.1 Å². The fraction of sp³-hybridized carbons (Fsp3) is 0.286. The predicted molar refractivity (Wildman–Crippen MR) is 210 cm³/mol. The summed E-state index contributed by atoms with van der Waals surface area (Å²) in [6.07, 6.45) is -1.80. The maximum Gasteiger partial charge on any atom is 0.411 e. The Balaban J connectivity index is 1.14. The number of fused-ring (bicyclic) bond motifs is 1. The minimum Gasteiger partial charge on any atom is -0.444 e. The molecular formula is C42H43FN6O9. The number of ether oxygens (including phenoxy) is 3. The van der Waals surface area contributed by atoms with Crippen LogP contribution in [0.5, 0.6) is 0 Å². The van der Waals surface area contributed by atoms with E-state index < -0.39 is 59.8 Å². The molecule has 1 fully saturated rings. The number of benzene rings is 4. The zero-order valence-corrected chi connectivity index (χ0v) is 31.8. The minimum atomic E-state index is -1.23. The van der Waals surface area contributed by atoms with Gasteiger partial charge in [-0.15, -0.1) is 0 Å². The Morgan fingerprint density at radius 3 is 2.21 bits per heavy atom. The van der Waals surface area contributed by atoms with Crippen molar-refractivity contribution in [2.45, 2.75) is 51.1 Å². The van der Waals surface area contributed by atoms with Crippen molar-refractivity contribution in [3.05, 3.63) is 125 Å². The number of nitrogens with one attached hydrogen (secondary N) is 5. The highest BCUT2D eigenvalue weighted by Crippen LogP contribution is 2.37. The second kappa shape index (κ2) is 18.9. The van der Waals surface area contributed by atoms with E-state index in [1.807, 2.05) is 30.3 Å². The first kappa shape index (κ1) is 40.8. The first-order valence-corrected chi connectivity index (χ1v) is 18.6. The summed E-state index contributed by atoms with van der Waals surface area (Å²) in [4.78, 5) is 80.5. The molecule has 2 heterocycles. The Bertz CT molecular complexity index is 2150. The van der Waals surface area contributed by atoms with Crippen LogP contribution in [-0.2, 0) is 41.7 Å². The molecule has 5 N–H and O–H groups in total. The lowest BCUT2D eigenvalue weighted by molar-refractivity contribution is -0.145. The van der Waals surface area contributed by atoms with E-state index in [1.165, 1.54) is 31.0 Å². The lowest BCUT2D eigenvalue weighted by Gasteiger charge is -2.35. The number of amides is 6. The van der Waals surface area contributed by atoms with Crippen LogP contribution in [0.1, 0.15) is 52.9 Å². The van der Waals surface area contributed by atoms with Gasteiger partial charge in [-0.1, -0.05) is 54.6 Å². The van der Waals surface area contributed by atoms with Gasteiger partial charge in [0.25, 0.3) is 17.7 Å². The molecule has 16 heteroatoms. The Morgan fingerprint density at radius 1 is 0.828 bits per heavy atom. The van der Waals surface area contributed by atoms with Crippen LogP contribution in [0.4, 0.5) is 31.0 Å². The van der Waals surface area contributed by atoms with E-state index >= 15 is 4.39 Å². The summed E-state index contributed by atoms with van der Waals surface area (Å²) < 4.78 is 31.1. The standard InChI is InChI=1S/C42H43FN6O9/c1-25(58-41(54)44-2)37(50)48-35(27-18-20-56-21-19-27)40(53)49-23-29-10-6-7-11-32(29)36(49)39(52)47-34-22-28(12-17-33(34)43)38(51)45-30-13-15-31(16-14-30)46-42(55)57-24-26-8-4-3-5-9-26/h3-17,22,25,27,35-36H,18-21,23-24H2,1-2H3,(H,44,54)(H,45,51)(H,46,55)(H,47,52)(H,48,50)/t25?,35?,36-/m0/s1. The van der Waals surface area contributed by atoms with Gasteiger partial charge in [0.05, 0.1) is 5.69 Å². The second-order valence-corrected chi connectivity index (χ2v) is 13.7. The molecule has 4 aromatic rings. The van der Waals surface area contributed by atoms with Crippen LogP contribution >= 0.6 is 0 Å². The maximum atomic E-state index is 15.3.